The van der Waals surface area contributed by atoms with Gasteiger partial charge in [-0.15, -0.1) is 0 Å². The van der Waals surface area contributed by atoms with Crippen LogP contribution in [0.2, 0.25) is 0 Å². The zero-order chi connectivity index (χ0) is 7.82. The van der Waals surface area contributed by atoms with E-state index < -0.39 is 0 Å². The SMILES string of the molecule is C=CC(=O)CC[CH]CCC. The smallest absolute Gasteiger partial charge is 0.155 e. The fourth-order valence-corrected chi connectivity index (χ4v) is 0.695. The molecule has 0 unspecified atom stereocenters. The van der Waals surface area contributed by atoms with Gasteiger partial charge >= 0.3 is 0 Å². The Balaban J connectivity index is 3.03. The van der Waals surface area contributed by atoms with E-state index in [0.29, 0.717) is 6.42 Å². The first-order valence-electron chi connectivity index (χ1n) is 3.78. The highest BCUT2D eigenvalue weighted by Crippen LogP contribution is 2.01. The predicted octanol–water partition coefficient (Wildman–Crippen LogP) is 2.53. The van der Waals surface area contributed by atoms with Crippen molar-refractivity contribution < 1.29 is 4.79 Å². The monoisotopic (exact) mass is 139 g/mol. The lowest BCUT2D eigenvalue weighted by Crippen LogP contribution is -1.91. The van der Waals surface area contributed by atoms with Gasteiger partial charge in [0.2, 0.25) is 0 Å². The standard InChI is InChI=1S/C9H15O/c1-3-5-6-7-8-9(10)4-2/h4,6H,2-3,5,7-8H2,1H3. The van der Waals surface area contributed by atoms with Crippen molar-refractivity contribution in [3.63, 3.8) is 0 Å². The van der Waals surface area contributed by atoms with Gasteiger partial charge in [0.15, 0.2) is 5.78 Å². The summed E-state index contributed by atoms with van der Waals surface area (Å²) < 4.78 is 0. The van der Waals surface area contributed by atoms with E-state index in [2.05, 4.69) is 19.9 Å². The van der Waals surface area contributed by atoms with Crippen molar-refractivity contribution in [2.24, 2.45) is 0 Å². The Morgan fingerprint density at radius 3 is 2.70 bits per heavy atom. The molecule has 1 heteroatoms. The van der Waals surface area contributed by atoms with Crippen LogP contribution in [-0.2, 0) is 4.79 Å². The Labute approximate surface area is 63.1 Å². The van der Waals surface area contributed by atoms with Crippen LogP contribution in [0.4, 0.5) is 0 Å². The Kier molecular flexibility index (Phi) is 6.14. The third kappa shape index (κ3) is 5.54. The molecule has 0 bridgehead atoms. The number of ketones is 1. The van der Waals surface area contributed by atoms with Crippen molar-refractivity contribution in [3.8, 4) is 0 Å². The van der Waals surface area contributed by atoms with E-state index in [4.69, 9.17) is 0 Å². The molecule has 0 aliphatic rings. The molecule has 0 rings (SSSR count). The summed E-state index contributed by atoms with van der Waals surface area (Å²) in [5.41, 5.74) is 0. The quantitative estimate of drug-likeness (QED) is 0.408. The van der Waals surface area contributed by atoms with E-state index in [9.17, 15) is 4.79 Å². The highest BCUT2D eigenvalue weighted by Gasteiger charge is 1.93. The van der Waals surface area contributed by atoms with Crippen LogP contribution in [0.25, 0.3) is 0 Å². The molecule has 0 saturated heterocycles. The molecule has 10 heavy (non-hydrogen) atoms. The zero-order valence-electron chi connectivity index (χ0n) is 6.60. The Bertz CT molecular complexity index is 105. The first-order chi connectivity index (χ1) is 4.81. The van der Waals surface area contributed by atoms with E-state index >= 15 is 0 Å². The summed E-state index contributed by atoms with van der Waals surface area (Å²) in [5, 5.41) is 0. The summed E-state index contributed by atoms with van der Waals surface area (Å²) in [6.07, 6.45) is 7.36. The molecule has 1 nitrogen and oxygen atoms in total. The molecule has 0 aromatic carbocycles. The highest BCUT2D eigenvalue weighted by atomic mass is 16.1. The molecule has 0 aromatic rings. The third-order valence-corrected chi connectivity index (χ3v) is 1.32. The minimum Gasteiger partial charge on any atom is -0.295 e. The number of hydrogen-bond donors (Lipinski definition) is 0. The summed E-state index contributed by atoms with van der Waals surface area (Å²) in [6.45, 7) is 5.53. The molecule has 0 atom stereocenters. The van der Waals surface area contributed by atoms with Crippen LogP contribution >= 0.6 is 0 Å². The van der Waals surface area contributed by atoms with Crippen LogP contribution < -0.4 is 0 Å². The maximum absolute atomic E-state index is 10.6. The third-order valence-electron chi connectivity index (χ3n) is 1.32. The first kappa shape index (κ1) is 9.41. The maximum Gasteiger partial charge on any atom is 0.155 e. The average molecular weight is 139 g/mol. The van der Waals surface area contributed by atoms with E-state index in [-0.39, 0.29) is 5.78 Å². The molecule has 0 saturated carbocycles. The normalized spacial score (nSPS) is 9.30. The molecule has 0 heterocycles. The zero-order valence-corrected chi connectivity index (χ0v) is 6.60. The van der Waals surface area contributed by atoms with Crippen LogP contribution in [0, 0.1) is 6.42 Å². The Hall–Kier alpha value is -0.590. The number of hydrogen-bond acceptors (Lipinski definition) is 1. The minimum absolute atomic E-state index is 0.146. The van der Waals surface area contributed by atoms with Crippen LogP contribution in [0.1, 0.15) is 32.6 Å². The lowest BCUT2D eigenvalue weighted by molar-refractivity contribution is -0.114. The van der Waals surface area contributed by atoms with Crippen LogP contribution in [0.15, 0.2) is 12.7 Å². The second-order valence-corrected chi connectivity index (χ2v) is 2.29. The van der Waals surface area contributed by atoms with E-state index in [0.717, 1.165) is 12.8 Å². The van der Waals surface area contributed by atoms with E-state index in [1.54, 1.807) is 0 Å². The Morgan fingerprint density at radius 2 is 2.20 bits per heavy atom. The van der Waals surface area contributed by atoms with Crippen LogP contribution in [-0.4, -0.2) is 5.78 Å². The summed E-state index contributed by atoms with van der Waals surface area (Å²) in [4.78, 5) is 10.6. The molecule has 0 amide bonds. The van der Waals surface area contributed by atoms with Crippen LogP contribution in [0.3, 0.4) is 0 Å². The first-order valence-corrected chi connectivity index (χ1v) is 3.78. The number of unbranched alkanes of at least 4 members (excludes halogenated alkanes) is 3. The number of rotatable bonds is 6. The van der Waals surface area contributed by atoms with Gasteiger partial charge in [-0.2, -0.15) is 0 Å². The largest absolute Gasteiger partial charge is 0.295 e. The molecule has 0 aliphatic heterocycles. The fourth-order valence-electron chi connectivity index (χ4n) is 0.695. The lowest BCUT2D eigenvalue weighted by atomic mass is 10.1. The van der Waals surface area contributed by atoms with Crippen molar-refractivity contribution in [2.75, 3.05) is 0 Å². The van der Waals surface area contributed by atoms with Gasteiger partial charge in [-0.05, 0) is 18.9 Å². The van der Waals surface area contributed by atoms with Gasteiger partial charge in [-0.3, -0.25) is 4.79 Å². The van der Waals surface area contributed by atoms with Crippen molar-refractivity contribution >= 4 is 5.78 Å². The second-order valence-electron chi connectivity index (χ2n) is 2.29. The summed E-state index contributed by atoms with van der Waals surface area (Å²) in [7, 11) is 0. The van der Waals surface area contributed by atoms with Crippen molar-refractivity contribution in [1.82, 2.24) is 0 Å². The summed E-state index contributed by atoms with van der Waals surface area (Å²) >= 11 is 0. The summed E-state index contributed by atoms with van der Waals surface area (Å²) in [5.74, 6) is 0.146. The second kappa shape index (κ2) is 6.53. The lowest BCUT2D eigenvalue weighted by Gasteiger charge is -1.93. The number of carbonyl (C=O) groups excluding carboxylic acids is 1. The molecule has 57 valence electrons. The number of allylic oxidation sites excluding steroid dienone is 1. The average Bonchev–Trinajstić information content (AvgIpc) is 1.98. The molecule has 0 spiro atoms. The van der Waals surface area contributed by atoms with Gasteiger partial charge in [0.1, 0.15) is 0 Å². The predicted molar refractivity (Wildman–Crippen MR) is 43.6 cm³/mol. The molecule has 0 aromatic heterocycles. The minimum atomic E-state index is 0.146. The molecular formula is C9H15O. The van der Waals surface area contributed by atoms with Gasteiger partial charge in [0.05, 0.1) is 0 Å². The number of carbonyl (C=O) groups is 1. The topological polar surface area (TPSA) is 17.1 Å². The van der Waals surface area contributed by atoms with Gasteiger partial charge < -0.3 is 0 Å². The van der Waals surface area contributed by atoms with Crippen LogP contribution in [0.5, 0.6) is 0 Å². The van der Waals surface area contributed by atoms with E-state index in [1.807, 2.05) is 0 Å². The Morgan fingerprint density at radius 1 is 1.50 bits per heavy atom. The maximum atomic E-state index is 10.6. The summed E-state index contributed by atoms with van der Waals surface area (Å²) in [6, 6.07) is 0. The van der Waals surface area contributed by atoms with Gasteiger partial charge in [-0.25, -0.2) is 0 Å². The van der Waals surface area contributed by atoms with Crippen molar-refractivity contribution in [1.29, 1.82) is 0 Å². The highest BCUT2D eigenvalue weighted by molar-refractivity contribution is 5.88. The fraction of sp³-hybridized carbons (Fsp3) is 0.556. The van der Waals surface area contributed by atoms with E-state index in [1.165, 1.54) is 12.5 Å². The van der Waals surface area contributed by atoms with Gasteiger partial charge in [0.25, 0.3) is 0 Å². The molecule has 0 fully saturated rings. The van der Waals surface area contributed by atoms with Crippen molar-refractivity contribution in [2.45, 2.75) is 32.6 Å². The molecule has 0 aliphatic carbocycles. The molecular weight excluding hydrogens is 124 g/mol. The van der Waals surface area contributed by atoms with Gasteiger partial charge in [-0.1, -0.05) is 26.3 Å². The molecule has 1 radical (unpaired) electrons. The van der Waals surface area contributed by atoms with Gasteiger partial charge in [0, 0.05) is 6.42 Å². The van der Waals surface area contributed by atoms with Crippen molar-refractivity contribution in [3.05, 3.63) is 19.1 Å². The molecule has 0 N–H and O–H groups in total.